The molecule has 0 aliphatic carbocycles. The largest absolute Gasteiger partial charge is 0.335 e. The first kappa shape index (κ1) is 13.6. The van der Waals surface area contributed by atoms with Crippen LogP contribution in [-0.2, 0) is 7.05 Å². The van der Waals surface area contributed by atoms with Crippen LogP contribution >= 0.6 is 11.6 Å². The number of nitrogens with zero attached hydrogens (tertiary/aromatic N) is 2. The second-order valence-electron chi connectivity index (χ2n) is 4.61. The quantitative estimate of drug-likeness (QED) is 0.786. The van der Waals surface area contributed by atoms with Gasteiger partial charge in [0.15, 0.2) is 0 Å². The molecule has 1 aromatic carbocycles. The van der Waals surface area contributed by atoms with Crippen LogP contribution in [0.25, 0.3) is 11.0 Å². The smallest absolute Gasteiger partial charge is 0.257 e. The number of aryl methyl sites for hydroxylation is 1. The Balaban J connectivity index is 2.00. The molecule has 21 heavy (non-hydrogen) atoms. The fourth-order valence-electron chi connectivity index (χ4n) is 2.18. The molecule has 1 N–H and O–H groups in total. The summed E-state index contributed by atoms with van der Waals surface area (Å²) in [4.78, 5) is 16.6. The van der Waals surface area contributed by atoms with Crippen LogP contribution in [0.5, 0.6) is 0 Å². The fraction of sp³-hybridized carbons (Fsp3) is 0.0667. The van der Waals surface area contributed by atoms with E-state index in [0.29, 0.717) is 11.2 Å². The first-order valence-corrected chi connectivity index (χ1v) is 6.60. The third-order valence-electron chi connectivity index (χ3n) is 3.15. The molecule has 6 heteroatoms. The lowest BCUT2D eigenvalue weighted by Gasteiger charge is -2.06. The number of amides is 1. The van der Waals surface area contributed by atoms with E-state index in [-0.39, 0.29) is 16.6 Å². The van der Waals surface area contributed by atoms with Gasteiger partial charge in [-0.25, -0.2) is 9.37 Å². The maximum absolute atomic E-state index is 13.2. The average Bonchev–Trinajstić information content (AvgIpc) is 2.81. The van der Waals surface area contributed by atoms with Gasteiger partial charge < -0.3 is 9.88 Å². The molecule has 0 fully saturated rings. The zero-order valence-corrected chi connectivity index (χ0v) is 11.9. The molecule has 0 bridgehead atoms. The van der Waals surface area contributed by atoms with E-state index < -0.39 is 5.82 Å². The third-order valence-corrected chi connectivity index (χ3v) is 3.48. The second kappa shape index (κ2) is 5.18. The summed E-state index contributed by atoms with van der Waals surface area (Å²) in [6, 6.07) is 7.39. The van der Waals surface area contributed by atoms with Crippen molar-refractivity contribution in [3.8, 4) is 0 Å². The van der Waals surface area contributed by atoms with Gasteiger partial charge in [0.25, 0.3) is 5.91 Å². The molecule has 2 aromatic heterocycles. The summed E-state index contributed by atoms with van der Waals surface area (Å²) >= 11 is 5.95. The first-order valence-electron chi connectivity index (χ1n) is 6.22. The Morgan fingerprint density at radius 1 is 1.38 bits per heavy atom. The topological polar surface area (TPSA) is 46.9 Å². The molecule has 0 aliphatic rings. The number of pyridine rings is 1. The number of rotatable bonds is 2. The van der Waals surface area contributed by atoms with E-state index in [2.05, 4.69) is 10.3 Å². The summed E-state index contributed by atoms with van der Waals surface area (Å²) in [6.07, 6.45) is 3.34. The van der Waals surface area contributed by atoms with Crippen LogP contribution in [0.4, 0.5) is 10.1 Å². The summed E-state index contributed by atoms with van der Waals surface area (Å²) in [7, 11) is 1.81. The van der Waals surface area contributed by atoms with Crippen LogP contribution < -0.4 is 5.32 Å². The van der Waals surface area contributed by atoms with Crippen LogP contribution in [0.1, 0.15) is 10.4 Å². The van der Waals surface area contributed by atoms with Gasteiger partial charge >= 0.3 is 0 Å². The van der Waals surface area contributed by atoms with Crippen molar-refractivity contribution in [1.29, 1.82) is 0 Å². The minimum absolute atomic E-state index is 0.238. The molecular formula is C15H11ClFN3O. The summed E-state index contributed by atoms with van der Waals surface area (Å²) in [5.74, 6) is -0.824. The molecule has 0 spiro atoms. The van der Waals surface area contributed by atoms with Crippen molar-refractivity contribution >= 4 is 34.2 Å². The Labute approximate surface area is 125 Å². The van der Waals surface area contributed by atoms with E-state index in [4.69, 9.17) is 11.6 Å². The molecule has 0 unspecified atom stereocenters. The lowest BCUT2D eigenvalue weighted by Crippen LogP contribution is -2.12. The standard InChI is InChI=1S/C15H11ClFN3O/c1-20-8-11(10-3-2-6-18-14(10)20)15(21)19-13-7-9(17)4-5-12(13)16/h2-8H,1H3,(H,19,21). The average molecular weight is 304 g/mol. The summed E-state index contributed by atoms with van der Waals surface area (Å²) in [5, 5.41) is 3.63. The monoisotopic (exact) mass is 303 g/mol. The number of fused-ring (bicyclic) bond motifs is 1. The number of carbonyl (C=O) groups is 1. The molecule has 0 radical (unpaired) electrons. The normalized spacial score (nSPS) is 10.8. The number of hydrogen-bond donors (Lipinski definition) is 1. The van der Waals surface area contributed by atoms with Crippen LogP contribution in [0.2, 0.25) is 5.02 Å². The van der Waals surface area contributed by atoms with Crippen LogP contribution in [-0.4, -0.2) is 15.5 Å². The molecule has 1 amide bonds. The minimum Gasteiger partial charge on any atom is -0.335 e. The molecule has 4 nitrogen and oxygen atoms in total. The van der Waals surface area contributed by atoms with Gasteiger partial charge in [0.2, 0.25) is 0 Å². The summed E-state index contributed by atoms with van der Waals surface area (Å²) in [5.41, 5.74) is 1.40. The van der Waals surface area contributed by atoms with Gasteiger partial charge in [-0.15, -0.1) is 0 Å². The number of anilines is 1. The maximum Gasteiger partial charge on any atom is 0.257 e. The van der Waals surface area contributed by atoms with E-state index in [1.54, 1.807) is 30.1 Å². The predicted octanol–water partition coefficient (Wildman–Crippen LogP) is 3.62. The van der Waals surface area contributed by atoms with Crippen molar-refractivity contribution < 1.29 is 9.18 Å². The number of benzene rings is 1. The number of carbonyl (C=O) groups excluding carboxylic acids is 1. The van der Waals surface area contributed by atoms with E-state index in [0.717, 1.165) is 5.39 Å². The van der Waals surface area contributed by atoms with E-state index >= 15 is 0 Å². The Kier molecular flexibility index (Phi) is 3.35. The van der Waals surface area contributed by atoms with E-state index in [1.165, 1.54) is 18.2 Å². The first-order chi connectivity index (χ1) is 10.1. The van der Waals surface area contributed by atoms with Gasteiger partial charge in [-0.1, -0.05) is 11.6 Å². The second-order valence-corrected chi connectivity index (χ2v) is 5.01. The highest BCUT2D eigenvalue weighted by Gasteiger charge is 2.15. The molecule has 0 atom stereocenters. The zero-order chi connectivity index (χ0) is 15.0. The maximum atomic E-state index is 13.2. The molecule has 3 aromatic rings. The van der Waals surface area contributed by atoms with Crippen LogP contribution in [0.15, 0.2) is 42.7 Å². The van der Waals surface area contributed by atoms with Crippen molar-refractivity contribution in [2.75, 3.05) is 5.32 Å². The van der Waals surface area contributed by atoms with Gasteiger partial charge in [0.1, 0.15) is 11.5 Å². The molecule has 3 rings (SSSR count). The van der Waals surface area contributed by atoms with Crippen molar-refractivity contribution in [3.05, 3.63) is 59.1 Å². The highest BCUT2D eigenvalue weighted by molar-refractivity contribution is 6.34. The Morgan fingerprint density at radius 2 is 2.19 bits per heavy atom. The molecule has 0 aliphatic heterocycles. The van der Waals surface area contributed by atoms with Crippen LogP contribution in [0.3, 0.4) is 0 Å². The predicted molar refractivity (Wildman–Crippen MR) is 80.1 cm³/mol. The number of halogens is 2. The van der Waals surface area contributed by atoms with E-state index in [9.17, 15) is 9.18 Å². The van der Waals surface area contributed by atoms with Gasteiger partial charge in [-0.05, 0) is 30.3 Å². The molecule has 2 heterocycles. The van der Waals surface area contributed by atoms with Crippen molar-refractivity contribution in [3.63, 3.8) is 0 Å². The third kappa shape index (κ3) is 2.48. The molecular weight excluding hydrogens is 293 g/mol. The summed E-state index contributed by atoms with van der Waals surface area (Å²) < 4.78 is 15.0. The van der Waals surface area contributed by atoms with Crippen molar-refractivity contribution in [2.24, 2.45) is 7.05 Å². The van der Waals surface area contributed by atoms with Crippen molar-refractivity contribution in [2.45, 2.75) is 0 Å². The van der Waals surface area contributed by atoms with Gasteiger partial charge in [-0.3, -0.25) is 4.79 Å². The number of nitrogens with one attached hydrogen (secondary N) is 1. The highest BCUT2D eigenvalue weighted by Crippen LogP contribution is 2.25. The lowest BCUT2D eigenvalue weighted by molar-refractivity contribution is 0.102. The Bertz CT molecular complexity index is 844. The fourth-order valence-corrected chi connectivity index (χ4v) is 2.34. The zero-order valence-electron chi connectivity index (χ0n) is 11.1. The Morgan fingerprint density at radius 3 is 3.00 bits per heavy atom. The SMILES string of the molecule is Cn1cc(C(=O)Nc2cc(F)ccc2Cl)c2cccnc21. The summed E-state index contributed by atoms with van der Waals surface area (Å²) in [6.45, 7) is 0. The minimum atomic E-state index is -0.464. The van der Waals surface area contributed by atoms with Crippen molar-refractivity contribution in [1.82, 2.24) is 9.55 Å². The number of hydrogen-bond acceptors (Lipinski definition) is 2. The molecule has 106 valence electrons. The highest BCUT2D eigenvalue weighted by atomic mass is 35.5. The Hall–Kier alpha value is -2.40. The van der Waals surface area contributed by atoms with Gasteiger partial charge in [0.05, 0.1) is 16.3 Å². The van der Waals surface area contributed by atoms with E-state index in [1.807, 2.05) is 6.07 Å². The van der Waals surface area contributed by atoms with Crippen LogP contribution in [0, 0.1) is 5.82 Å². The molecule has 0 saturated carbocycles. The van der Waals surface area contributed by atoms with Gasteiger partial charge in [-0.2, -0.15) is 0 Å². The molecule has 0 saturated heterocycles. The lowest BCUT2D eigenvalue weighted by atomic mass is 10.2. The van der Waals surface area contributed by atoms with Gasteiger partial charge in [0, 0.05) is 24.8 Å². The number of aromatic nitrogens is 2.